The van der Waals surface area contributed by atoms with E-state index in [2.05, 4.69) is 5.32 Å². The van der Waals surface area contributed by atoms with Crippen LogP contribution < -0.4 is 5.32 Å². The minimum absolute atomic E-state index is 0.271. The van der Waals surface area contributed by atoms with Crippen LogP contribution in [0, 0.1) is 24.4 Å². The Bertz CT molecular complexity index is 625. The molecule has 2 rings (SSSR count). The van der Waals surface area contributed by atoms with Crippen LogP contribution in [0.4, 0.5) is 13.2 Å². The van der Waals surface area contributed by atoms with Gasteiger partial charge in [-0.05, 0) is 62.2 Å². The summed E-state index contributed by atoms with van der Waals surface area (Å²) in [5.74, 6) is -1.10. The maximum atomic E-state index is 13.8. The monoisotopic (exact) mass is 293 g/mol. The smallest absolute Gasteiger partial charge is 0.128 e. The van der Waals surface area contributed by atoms with E-state index in [9.17, 15) is 13.2 Å². The van der Waals surface area contributed by atoms with E-state index in [1.54, 1.807) is 13.0 Å². The van der Waals surface area contributed by atoms with Gasteiger partial charge in [0.2, 0.25) is 0 Å². The van der Waals surface area contributed by atoms with Gasteiger partial charge in [-0.15, -0.1) is 0 Å². The second-order valence-corrected chi connectivity index (χ2v) is 5.18. The third kappa shape index (κ3) is 4.08. The van der Waals surface area contributed by atoms with Gasteiger partial charge < -0.3 is 5.32 Å². The third-order valence-corrected chi connectivity index (χ3v) is 3.50. The van der Waals surface area contributed by atoms with Gasteiger partial charge in [-0.1, -0.05) is 12.1 Å². The van der Waals surface area contributed by atoms with E-state index in [0.717, 1.165) is 5.56 Å². The molecule has 0 aromatic heterocycles. The van der Waals surface area contributed by atoms with Crippen molar-refractivity contribution >= 4 is 0 Å². The van der Waals surface area contributed by atoms with Crippen molar-refractivity contribution in [3.8, 4) is 0 Å². The Balaban J connectivity index is 1.96. The van der Waals surface area contributed by atoms with Crippen molar-refractivity contribution in [1.82, 2.24) is 5.32 Å². The zero-order valence-electron chi connectivity index (χ0n) is 12.1. The SMILES string of the molecule is Cc1cc(F)c(C(C)NCCc2cccc(F)c2)cc1F. The summed E-state index contributed by atoms with van der Waals surface area (Å²) in [6.45, 7) is 3.86. The topological polar surface area (TPSA) is 12.0 Å². The van der Waals surface area contributed by atoms with E-state index in [1.165, 1.54) is 31.2 Å². The number of hydrogen-bond acceptors (Lipinski definition) is 1. The lowest BCUT2D eigenvalue weighted by atomic mass is 10.0. The van der Waals surface area contributed by atoms with Crippen LogP contribution in [0.5, 0.6) is 0 Å². The lowest BCUT2D eigenvalue weighted by Gasteiger charge is -2.16. The molecular weight excluding hydrogens is 275 g/mol. The van der Waals surface area contributed by atoms with Gasteiger partial charge in [0.1, 0.15) is 17.5 Å². The summed E-state index contributed by atoms with van der Waals surface area (Å²) in [5.41, 5.74) is 1.46. The second-order valence-electron chi connectivity index (χ2n) is 5.18. The van der Waals surface area contributed by atoms with E-state index < -0.39 is 11.6 Å². The molecule has 1 unspecified atom stereocenters. The Morgan fingerprint density at radius 3 is 2.52 bits per heavy atom. The summed E-state index contributed by atoms with van der Waals surface area (Å²) in [6, 6.07) is 8.47. The highest BCUT2D eigenvalue weighted by molar-refractivity contribution is 5.27. The average Bonchev–Trinajstić information content (AvgIpc) is 2.43. The summed E-state index contributed by atoms with van der Waals surface area (Å²) < 4.78 is 40.4. The molecule has 0 aliphatic rings. The quantitative estimate of drug-likeness (QED) is 0.866. The first-order valence-electron chi connectivity index (χ1n) is 6.90. The molecule has 0 heterocycles. The molecule has 1 nitrogen and oxygen atoms in total. The van der Waals surface area contributed by atoms with E-state index in [0.29, 0.717) is 24.1 Å². The lowest BCUT2D eigenvalue weighted by molar-refractivity contribution is 0.518. The highest BCUT2D eigenvalue weighted by Gasteiger charge is 2.13. The standard InChI is InChI=1S/C17H18F3N/c1-11-8-17(20)15(10-16(11)19)12(2)21-7-6-13-4-3-5-14(18)9-13/h3-5,8-10,12,21H,6-7H2,1-2H3. The molecule has 4 heteroatoms. The summed E-state index contributed by atoms with van der Waals surface area (Å²) in [6.07, 6.45) is 0.623. The van der Waals surface area contributed by atoms with Gasteiger partial charge >= 0.3 is 0 Å². The zero-order valence-corrected chi connectivity index (χ0v) is 12.1. The molecule has 0 radical (unpaired) electrons. The van der Waals surface area contributed by atoms with Crippen molar-refractivity contribution in [2.75, 3.05) is 6.54 Å². The minimum atomic E-state index is -0.417. The Kier molecular flexibility index (Phi) is 5.02. The molecule has 0 fully saturated rings. The Hall–Kier alpha value is -1.81. The molecule has 21 heavy (non-hydrogen) atoms. The summed E-state index contributed by atoms with van der Waals surface area (Å²) in [4.78, 5) is 0. The van der Waals surface area contributed by atoms with Gasteiger partial charge in [0.25, 0.3) is 0 Å². The number of nitrogens with one attached hydrogen (secondary N) is 1. The van der Waals surface area contributed by atoms with Gasteiger partial charge in [-0.25, -0.2) is 13.2 Å². The predicted octanol–water partition coefficient (Wildman–Crippen LogP) is 4.31. The van der Waals surface area contributed by atoms with Gasteiger partial charge in [0.05, 0.1) is 0 Å². The maximum Gasteiger partial charge on any atom is 0.128 e. The van der Waals surface area contributed by atoms with Crippen molar-refractivity contribution < 1.29 is 13.2 Å². The van der Waals surface area contributed by atoms with Crippen LogP contribution in [0.2, 0.25) is 0 Å². The van der Waals surface area contributed by atoms with E-state index >= 15 is 0 Å². The normalized spacial score (nSPS) is 12.4. The zero-order chi connectivity index (χ0) is 15.4. The third-order valence-electron chi connectivity index (χ3n) is 3.50. The molecule has 1 atom stereocenters. The molecular formula is C17H18F3N. The number of benzene rings is 2. The fraction of sp³-hybridized carbons (Fsp3) is 0.294. The van der Waals surface area contributed by atoms with Crippen molar-refractivity contribution in [3.63, 3.8) is 0 Å². The van der Waals surface area contributed by atoms with Crippen LogP contribution in [-0.2, 0) is 6.42 Å². The highest BCUT2D eigenvalue weighted by atomic mass is 19.1. The predicted molar refractivity (Wildman–Crippen MR) is 77.6 cm³/mol. The number of hydrogen-bond donors (Lipinski definition) is 1. The first kappa shape index (κ1) is 15.6. The van der Waals surface area contributed by atoms with Crippen molar-refractivity contribution in [1.29, 1.82) is 0 Å². The van der Waals surface area contributed by atoms with E-state index in [1.807, 2.05) is 6.07 Å². The fourth-order valence-electron chi connectivity index (χ4n) is 2.23. The summed E-state index contributed by atoms with van der Waals surface area (Å²) in [5, 5.41) is 3.13. The largest absolute Gasteiger partial charge is 0.310 e. The average molecular weight is 293 g/mol. The highest BCUT2D eigenvalue weighted by Crippen LogP contribution is 2.20. The number of halogens is 3. The van der Waals surface area contributed by atoms with Crippen LogP contribution >= 0.6 is 0 Å². The van der Waals surface area contributed by atoms with Gasteiger partial charge in [-0.2, -0.15) is 0 Å². The van der Waals surface area contributed by atoms with Crippen LogP contribution in [0.1, 0.15) is 29.7 Å². The van der Waals surface area contributed by atoms with Crippen LogP contribution in [-0.4, -0.2) is 6.54 Å². The molecule has 0 spiro atoms. The molecule has 1 N–H and O–H groups in total. The molecule has 2 aromatic carbocycles. The minimum Gasteiger partial charge on any atom is -0.310 e. The lowest BCUT2D eigenvalue weighted by Crippen LogP contribution is -2.22. The summed E-state index contributed by atoms with van der Waals surface area (Å²) >= 11 is 0. The summed E-state index contributed by atoms with van der Waals surface area (Å²) in [7, 11) is 0. The van der Waals surface area contributed by atoms with Gasteiger partial charge in [0, 0.05) is 11.6 Å². The molecule has 112 valence electrons. The van der Waals surface area contributed by atoms with Gasteiger partial charge in [0.15, 0.2) is 0 Å². The van der Waals surface area contributed by atoms with E-state index in [4.69, 9.17) is 0 Å². The maximum absolute atomic E-state index is 13.8. The Morgan fingerprint density at radius 1 is 1.05 bits per heavy atom. The van der Waals surface area contributed by atoms with Crippen LogP contribution in [0.3, 0.4) is 0 Å². The van der Waals surface area contributed by atoms with Crippen molar-refractivity contribution in [3.05, 3.63) is 70.5 Å². The second kappa shape index (κ2) is 6.76. The Labute approximate surface area is 122 Å². The van der Waals surface area contributed by atoms with Crippen LogP contribution in [0.25, 0.3) is 0 Å². The first-order valence-corrected chi connectivity index (χ1v) is 6.90. The van der Waals surface area contributed by atoms with E-state index in [-0.39, 0.29) is 11.9 Å². The van der Waals surface area contributed by atoms with Crippen molar-refractivity contribution in [2.24, 2.45) is 0 Å². The molecule has 0 bridgehead atoms. The van der Waals surface area contributed by atoms with Gasteiger partial charge in [-0.3, -0.25) is 0 Å². The van der Waals surface area contributed by atoms with Crippen molar-refractivity contribution in [2.45, 2.75) is 26.3 Å². The molecule has 0 saturated carbocycles. The fourth-order valence-corrected chi connectivity index (χ4v) is 2.23. The first-order chi connectivity index (χ1) is 9.97. The number of rotatable bonds is 5. The Morgan fingerprint density at radius 2 is 1.81 bits per heavy atom. The molecule has 0 saturated heterocycles. The molecule has 0 aliphatic carbocycles. The van der Waals surface area contributed by atoms with Crippen LogP contribution in [0.15, 0.2) is 36.4 Å². The molecule has 0 amide bonds. The number of aryl methyl sites for hydroxylation is 1. The molecule has 2 aromatic rings. The molecule has 0 aliphatic heterocycles.